The van der Waals surface area contributed by atoms with Crippen LogP contribution in [0.2, 0.25) is 0 Å². The van der Waals surface area contributed by atoms with Crippen LogP contribution in [-0.4, -0.2) is 8.07 Å². The zero-order valence-electron chi connectivity index (χ0n) is 37.4. The summed E-state index contributed by atoms with van der Waals surface area (Å²) in [7, 11) is -3.08. The molecule has 0 unspecified atom stereocenters. The summed E-state index contributed by atoms with van der Waals surface area (Å²) in [6, 6.07) is 34.7. The maximum absolute atomic E-state index is 3.08. The Bertz CT molecular complexity index is 1780. The van der Waals surface area contributed by atoms with E-state index in [4.69, 9.17) is 0 Å². The van der Waals surface area contributed by atoms with Gasteiger partial charge in [0.15, 0.2) is 8.07 Å². The summed E-state index contributed by atoms with van der Waals surface area (Å²) in [5.74, 6) is 0. The molecule has 0 aromatic heterocycles. The molecule has 0 spiro atoms. The molecule has 0 aliphatic heterocycles. The van der Waals surface area contributed by atoms with E-state index in [0.29, 0.717) is 0 Å². The highest BCUT2D eigenvalue weighted by atomic mass is 28.3. The van der Waals surface area contributed by atoms with E-state index in [-0.39, 0.29) is 32.5 Å². The molecule has 1 aliphatic rings. The van der Waals surface area contributed by atoms with Crippen molar-refractivity contribution in [1.29, 1.82) is 0 Å². The van der Waals surface area contributed by atoms with Crippen molar-refractivity contribution in [1.82, 2.24) is 0 Å². The van der Waals surface area contributed by atoms with Gasteiger partial charge in [0.25, 0.3) is 0 Å². The standard InChI is InChI=1S/C53H72Si/c1-48(2,3)37-27-38(49(4,5)6)31-43(30-37)54(47-26-22-25-46(47)36-23-20-19-21-24-36,44-32-39(50(7,8)9)28-40(33-44)51(10,11)12)45-34-41(52(13,14)15)29-42(35-45)53(16,17)18/h19-25,27-35H,26H2,1-18H3. The van der Waals surface area contributed by atoms with Gasteiger partial charge in [0, 0.05) is 0 Å². The van der Waals surface area contributed by atoms with E-state index in [0.717, 1.165) is 6.42 Å². The van der Waals surface area contributed by atoms with Gasteiger partial charge in [-0.05, 0) is 99.0 Å². The van der Waals surface area contributed by atoms with Gasteiger partial charge in [-0.25, -0.2) is 0 Å². The van der Waals surface area contributed by atoms with Crippen molar-refractivity contribution in [2.75, 3.05) is 0 Å². The Morgan fingerprint density at radius 1 is 0.370 bits per heavy atom. The molecule has 1 aliphatic carbocycles. The number of hydrogen-bond donors (Lipinski definition) is 0. The summed E-state index contributed by atoms with van der Waals surface area (Å²) in [5.41, 5.74) is 11.1. The minimum absolute atomic E-state index is 0.0195. The second-order valence-corrected chi connectivity index (χ2v) is 26.3. The zero-order valence-corrected chi connectivity index (χ0v) is 38.4. The lowest BCUT2D eigenvalue weighted by atomic mass is 9.80. The van der Waals surface area contributed by atoms with Crippen LogP contribution in [-0.2, 0) is 32.5 Å². The van der Waals surface area contributed by atoms with Gasteiger partial charge >= 0.3 is 0 Å². The van der Waals surface area contributed by atoms with Gasteiger partial charge < -0.3 is 0 Å². The predicted molar refractivity (Wildman–Crippen MR) is 243 cm³/mol. The Morgan fingerprint density at radius 3 is 0.907 bits per heavy atom. The van der Waals surface area contributed by atoms with Gasteiger partial charge in [-0.2, -0.15) is 0 Å². The van der Waals surface area contributed by atoms with E-state index in [9.17, 15) is 0 Å². The highest BCUT2D eigenvalue weighted by molar-refractivity contribution is 7.16. The lowest BCUT2D eigenvalue weighted by molar-refractivity contribution is 0.569. The number of allylic oxidation sites excluding steroid dienone is 4. The SMILES string of the molecule is CC(C)(C)c1cc(C(C)(C)C)cc([Si](C2=C(c3ccccc3)C=CC2)(c2cc(C(C)(C)C)cc(C(C)(C)C)c2)c2cc(C(C)(C)C)cc(C(C)(C)C)c2)c1. The van der Waals surface area contributed by atoms with Gasteiger partial charge in [-0.1, -0.05) is 227 Å². The van der Waals surface area contributed by atoms with Crippen molar-refractivity contribution < 1.29 is 0 Å². The fourth-order valence-corrected chi connectivity index (χ4v) is 13.2. The third-order valence-corrected chi connectivity index (χ3v) is 16.6. The van der Waals surface area contributed by atoms with Gasteiger partial charge in [0.1, 0.15) is 0 Å². The molecule has 0 bridgehead atoms. The van der Waals surface area contributed by atoms with Crippen molar-refractivity contribution >= 4 is 29.2 Å². The minimum atomic E-state index is -3.08. The zero-order chi connectivity index (χ0) is 40.4. The van der Waals surface area contributed by atoms with Crippen molar-refractivity contribution in [2.45, 2.75) is 164 Å². The van der Waals surface area contributed by atoms with Crippen LogP contribution in [0.15, 0.2) is 102 Å². The van der Waals surface area contributed by atoms with Gasteiger partial charge in [0.05, 0.1) is 0 Å². The first kappa shape index (κ1) is 41.7. The highest BCUT2D eigenvalue weighted by Gasteiger charge is 2.47. The van der Waals surface area contributed by atoms with Crippen molar-refractivity contribution in [3.05, 3.63) is 141 Å². The fraction of sp³-hybridized carbons (Fsp3) is 0.472. The van der Waals surface area contributed by atoms with Crippen LogP contribution in [0.25, 0.3) is 5.57 Å². The van der Waals surface area contributed by atoms with Crippen molar-refractivity contribution in [3.8, 4) is 0 Å². The van der Waals surface area contributed by atoms with E-state index in [2.05, 4.69) is 222 Å². The maximum Gasteiger partial charge on any atom is 0.176 e. The Morgan fingerprint density at radius 2 is 0.648 bits per heavy atom. The average Bonchev–Trinajstić information content (AvgIpc) is 3.53. The molecule has 1 heteroatoms. The number of hydrogen-bond acceptors (Lipinski definition) is 0. The molecule has 54 heavy (non-hydrogen) atoms. The Labute approximate surface area is 332 Å². The van der Waals surface area contributed by atoms with E-state index in [1.165, 1.54) is 60.1 Å². The monoisotopic (exact) mass is 737 g/mol. The molecule has 0 atom stereocenters. The smallest absolute Gasteiger partial charge is 0.0802 e. The first-order valence-corrected chi connectivity index (χ1v) is 22.5. The van der Waals surface area contributed by atoms with Crippen molar-refractivity contribution in [2.24, 2.45) is 0 Å². The van der Waals surface area contributed by atoms with E-state index in [1.807, 2.05) is 0 Å². The van der Waals surface area contributed by atoms with Crippen LogP contribution >= 0.6 is 0 Å². The second kappa shape index (κ2) is 13.9. The minimum Gasteiger partial charge on any atom is -0.0802 e. The Kier molecular flexibility index (Phi) is 10.8. The summed E-state index contributed by atoms with van der Waals surface area (Å²) < 4.78 is 0. The molecule has 0 heterocycles. The first-order valence-electron chi connectivity index (χ1n) is 20.5. The summed E-state index contributed by atoms with van der Waals surface area (Å²) >= 11 is 0. The van der Waals surface area contributed by atoms with Gasteiger partial charge in [0.2, 0.25) is 0 Å². The molecule has 4 aromatic rings. The van der Waals surface area contributed by atoms with Crippen LogP contribution in [0.1, 0.15) is 170 Å². The largest absolute Gasteiger partial charge is 0.176 e. The van der Waals surface area contributed by atoms with Crippen LogP contribution in [0.4, 0.5) is 0 Å². The summed E-state index contributed by atoms with van der Waals surface area (Å²) in [6.45, 7) is 43.1. The molecule has 0 nitrogen and oxygen atoms in total. The van der Waals surface area contributed by atoms with Gasteiger partial charge in [-0.3, -0.25) is 0 Å². The summed E-state index contributed by atoms with van der Waals surface area (Å²) in [6.07, 6.45) is 5.84. The normalized spacial score (nSPS) is 15.0. The third kappa shape index (κ3) is 8.38. The lowest BCUT2D eigenvalue weighted by Gasteiger charge is -2.41. The molecule has 0 fully saturated rings. The van der Waals surface area contributed by atoms with Crippen LogP contribution in [0.5, 0.6) is 0 Å². The Hall–Kier alpha value is -3.42. The lowest BCUT2D eigenvalue weighted by Crippen LogP contribution is -2.69. The average molecular weight is 737 g/mol. The van der Waals surface area contributed by atoms with Crippen LogP contribution < -0.4 is 15.6 Å². The second-order valence-electron chi connectivity index (χ2n) is 22.5. The highest BCUT2D eigenvalue weighted by Crippen LogP contribution is 2.40. The predicted octanol–water partition coefficient (Wildman–Crippen LogP) is 12.9. The molecule has 0 radical (unpaired) electrons. The molecule has 0 saturated heterocycles. The third-order valence-electron chi connectivity index (χ3n) is 11.8. The van der Waals surface area contributed by atoms with Gasteiger partial charge in [-0.15, -0.1) is 0 Å². The van der Waals surface area contributed by atoms with Crippen molar-refractivity contribution in [3.63, 3.8) is 0 Å². The van der Waals surface area contributed by atoms with Crippen LogP contribution in [0.3, 0.4) is 0 Å². The number of benzene rings is 4. The summed E-state index contributed by atoms with van der Waals surface area (Å²) in [4.78, 5) is 0. The van der Waals surface area contributed by atoms with E-state index >= 15 is 0 Å². The summed E-state index contributed by atoms with van der Waals surface area (Å²) in [5, 5.41) is 6.10. The molecule has 0 saturated carbocycles. The fourth-order valence-electron chi connectivity index (χ4n) is 7.90. The molecule has 4 aromatic carbocycles. The van der Waals surface area contributed by atoms with E-state index in [1.54, 1.807) is 5.20 Å². The maximum atomic E-state index is 2.65. The first-order chi connectivity index (χ1) is 24.5. The molecule has 0 amide bonds. The Balaban J connectivity index is 2.21. The molecule has 0 N–H and O–H groups in total. The molecular formula is C53H72Si. The van der Waals surface area contributed by atoms with Crippen LogP contribution in [0, 0.1) is 0 Å². The number of rotatable bonds is 5. The topological polar surface area (TPSA) is 0 Å². The van der Waals surface area contributed by atoms with E-state index < -0.39 is 8.07 Å². The molecule has 5 rings (SSSR count). The molecular weight excluding hydrogens is 665 g/mol. The quantitative estimate of drug-likeness (QED) is 0.141. The molecule has 288 valence electrons.